The van der Waals surface area contributed by atoms with Gasteiger partial charge in [-0.3, -0.25) is 0 Å². The Morgan fingerprint density at radius 3 is 0.304 bits per heavy atom. The molecule has 0 aromatic carbocycles. The van der Waals surface area contributed by atoms with E-state index >= 15 is 0 Å². The summed E-state index contributed by atoms with van der Waals surface area (Å²) in [6.07, 6.45) is 0. The summed E-state index contributed by atoms with van der Waals surface area (Å²) in [7, 11) is 0. The Hall–Kier alpha value is 2.86. The van der Waals surface area contributed by atoms with Gasteiger partial charge < -0.3 is 0 Å². The van der Waals surface area contributed by atoms with Gasteiger partial charge in [-0.2, -0.15) is 0 Å². The van der Waals surface area contributed by atoms with Crippen molar-refractivity contribution in [2.24, 2.45) is 0 Å². The molecule has 0 heterocycles. The van der Waals surface area contributed by atoms with Crippen LogP contribution in [-0.2, 0) is 74.3 Å². The minimum absolute atomic E-state index is 0. The van der Waals surface area contributed by atoms with E-state index in [-0.39, 0.29) is 59.4 Å². The third kappa shape index (κ3) is 1590. The molecule has 0 atom stereocenters. The van der Waals surface area contributed by atoms with Crippen LogP contribution < -0.4 is 49.1 Å². The van der Waals surface area contributed by atoms with E-state index in [2.05, 4.69) is 0 Å². The van der Waals surface area contributed by atoms with Crippen molar-refractivity contribution >= 4 is 58.1 Å². The van der Waals surface area contributed by atoms with E-state index < -0.39 is 58.1 Å². The van der Waals surface area contributed by atoms with Gasteiger partial charge in [0, 0.05) is 0 Å². The second-order valence-corrected chi connectivity index (χ2v) is 9.30. The van der Waals surface area contributed by atoms with Gasteiger partial charge in [0.1, 0.15) is 0 Å². The molecule has 140 valence electrons. The Bertz CT molecular complexity index is 292. The van der Waals surface area contributed by atoms with Crippen LogP contribution in [0.5, 0.6) is 0 Å². The SMILES string of the molecule is O=[As]([O-])([O-])[O-].O=[As]([O-])([O-])[O-].O=[As]([O-])([O-])[O-].O=[As]([O-])([O-])[O-].[Os+4].[Os+4].[Os+4]. The summed E-state index contributed by atoms with van der Waals surface area (Å²) in [4.78, 5) is 0. The first-order valence-corrected chi connectivity index (χ1v) is 15.2. The largest absolute Gasteiger partial charge is 4.00 e. The fourth-order valence-electron chi connectivity index (χ4n) is 0. The molecule has 0 radical (unpaired) electrons. The predicted octanol–water partition coefficient (Wildman–Crippen LogP) is -16.3. The van der Waals surface area contributed by atoms with Crippen molar-refractivity contribution in [1.29, 1.82) is 0 Å². The zero-order chi connectivity index (χ0) is 18.0. The Kier molecular flexibility index (Phi) is 38.3. The van der Waals surface area contributed by atoms with Gasteiger partial charge in [0.15, 0.2) is 0 Å². The van der Waals surface area contributed by atoms with Gasteiger partial charge in [0.05, 0.1) is 0 Å². The van der Waals surface area contributed by atoms with Crippen LogP contribution in [0.25, 0.3) is 0 Å². The molecule has 23 heavy (non-hydrogen) atoms. The normalized spacial score (nSPS) is 10.3. The van der Waals surface area contributed by atoms with Gasteiger partial charge in [0.25, 0.3) is 0 Å². The van der Waals surface area contributed by atoms with Gasteiger partial charge >= 0.3 is 182 Å². The molecule has 0 aromatic heterocycles. The van der Waals surface area contributed by atoms with Crippen LogP contribution in [0.1, 0.15) is 0 Å². The minimum atomic E-state index is -5.88. The number of rotatable bonds is 0. The third-order valence-electron chi connectivity index (χ3n) is 0. The van der Waals surface area contributed by atoms with E-state index in [1.807, 2.05) is 0 Å². The van der Waals surface area contributed by atoms with E-state index in [1.54, 1.807) is 0 Å². The first-order valence-electron chi connectivity index (χ1n) is 2.92. The van der Waals surface area contributed by atoms with E-state index in [4.69, 9.17) is 64.1 Å². The molecule has 0 amide bonds. The van der Waals surface area contributed by atoms with E-state index in [1.165, 1.54) is 0 Å². The van der Waals surface area contributed by atoms with Gasteiger partial charge in [-0.25, -0.2) is 0 Å². The maximum Gasteiger partial charge on any atom is 4.00 e. The molecule has 0 fully saturated rings. The summed E-state index contributed by atoms with van der Waals surface area (Å²) in [5, 5.41) is 0. The van der Waals surface area contributed by atoms with Crippen LogP contribution in [0.4, 0.5) is 0 Å². The zero-order valence-electron chi connectivity index (χ0n) is 9.38. The first-order chi connectivity index (χ1) is 8.00. The zero-order valence-corrected chi connectivity index (χ0v) is 24.5. The molecule has 0 rings (SSSR count). The average molecular weight is 1130 g/mol. The Labute approximate surface area is 179 Å². The van der Waals surface area contributed by atoms with Crippen LogP contribution in [-0.4, -0.2) is 58.1 Å². The smallest absolute Gasteiger partial charge is 4.00 e. The molecule has 16 nitrogen and oxygen atoms in total. The molecule has 0 aromatic rings. The van der Waals surface area contributed by atoms with Crippen LogP contribution in [0.3, 0.4) is 0 Å². The standard InChI is InChI=1S/4AsH3O4.3Os/c4*2-1(3,4)5;;;/h4*(H3,2,3,4,5);;;/q;;;;3*+4/p-12. The monoisotopic (exact) mass is 1130 g/mol. The van der Waals surface area contributed by atoms with Crippen molar-refractivity contribution in [3.63, 3.8) is 0 Å². The minimum Gasteiger partial charge on any atom is 4.00 e. The van der Waals surface area contributed by atoms with Crippen molar-refractivity contribution in [3.05, 3.63) is 0 Å². The summed E-state index contributed by atoms with van der Waals surface area (Å²) < 4.78 is 138. The molecule has 0 bridgehead atoms. The maximum absolute atomic E-state index is 8.61. The topological polar surface area (TPSA) is 345 Å². The van der Waals surface area contributed by atoms with E-state index in [0.29, 0.717) is 0 Å². The average Bonchev–Trinajstić information content (AvgIpc) is 1.62. The van der Waals surface area contributed by atoms with Crippen molar-refractivity contribution in [2.45, 2.75) is 0 Å². The summed E-state index contributed by atoms with van der Waals surface area (Å²) in [5.74, 6) is 0. The Balaban J connectivity index is -0.0000000284. The second-order valence-electron chi connectivity index (χ2n) is 1.79. The molecule has 0 N–H and O–H groups in total. The Morgan fingerprint density at radius 2 is 0.304 bits per heavy atom. The summed E-state index contributed by atoms with van der Waals surface area (Å²) >= 11 is -23.5. The van der Waals surface area contributed by atoms with Gasteiger partial charge in [-0.05, 0) is 0 Å². The molecule has 0 aliphatic rings. The quantitative estimate of drug-likeness (QED) is 0.203. The third-order valence-corrected chi connectivity index (χ3v) is 0. The molecular formula is As4O16Os3. The summed E-state index contributed by atoms with van der Waals surface area (Å²) in [5.41, 5.74) is 0. The van der Waals surface area contributed by atoms with Crippen LogP contribution >= 0.6 is 0 Å². The molecule has 0 unspecified atom stereocenters. The summed E-state index contributed by atoms with van der Waals surface area (Å²) in [6, 6.07) is 0. The molecule has 0 aliphatic heterocycles. The van der Waals surface area contributed by atoms with Crippen LogP contribution in [0.2, 0.25) is 0 Å². The van der Waals surface area contributed by atoms with Crippen LogP contribution in [0.15, 0.2) is 0 Å². The van der Waals surface area contributed by atoms with Gasteiger partial charge in [-0.1, -0.05) is 0 Å². The number of hydrogen-bond donors (Lipinski definition) is 0. The maximum atomic E-state index is 8.61. The van der Waals surface area contributed by atoms with Crippen molar-refractivity contribution in [3.8, 4) is 0 Å². The molecule has 0 aliphatic carbocycles. The van der Waals surface area contributed by atoms with E-state index in [9.17, 15) is 0 Å². The molecule has 0 saturated carbocycles. The first kappa shape index (κ1) is 44.9. The van der Waals surface area contributed by atoms with Gasteiger partial charge in [0.2, 0.25) is 0 Å². The van der Waals surface area contributed by atoms with Crippen molar-refractivity contribution in [2.75, 3.05) is 0 Å². The van der Waals surface area contributed by atoms with Gasteiger partial charge in [-0.15, -0.1) is 0 Å². The molecule has 23 heteroatoms. The molecular weight excluding hydrogens is 1130 g/mol. The number of hydrogen-bond acceptors (Lipinski definition) is 16. The predicted molar refractivity (Wildman–Crippen MR) is 25.8 cm³/mol. The van der Waals surface area contributed by atoms with E-state index in [0.717, 1.165) is 0 Å². The fraction of sp³-hybridized carbons (Fsp3) is 0. The summed E-state index contributed by atoms with van der Waals surface area (Å²) in [6.45, 7) is 0. The van der Waals surface area contributed by atoms with Crippen molar-refractivity contribution in [1.82, 2.24) is 0 Å². The Morgan fingerprint density at radius 1 is 0.304 bits per heavy atom. The molecule has 0 saturated heterocycles. The second kappa shape index (κ2) is 19.6. The van der Waals surface area contributed by atoms with Crippen molar-refractivity contribution < 1.29 is 123 Å². The molecule has 0 spiro atoms. The fourth-order valence-corrected chi connectivity index (χ4v) is 0. The van der Waals surface area contributed by atoms with Crippen LogP contribution in [0, 0.1) is 0 Å².